The predicted molar refractivity (Wildman–Crippen MR) is 118 cm³/mol. The van der Waals surface area contributed by atoms with Crippen molar-refractivity contribution in [1.82, 2.24) is 5.32 Å². The smallest absolute Gasteiger partial charge is 0.408 e. The van der Waals surface area contributed by atoms with Gasteiger partial charge in [-0.05, 0) is 59.2 Å². The molecule has 1 unspecified atom stereocenters. The topological polar surface area (TPSA) is 105 Å². The summed E-state index contributed by atoms with van der Waals surface area (Å²) in [5.74, 6) is -1.33. The lowest BCUT2D eigenvalue weighted by molar-refractivity contribution is 0.0408. The van der Waals surface area contributed by atoms with Gasteiger partial charge in [0.25, 0.3) is 0 Å². The van der Waals surface area contributed by atoms with E-state index in [0.29, 0.717) is 4.47 Å². The molecule has 7 nitrogen and oxygen atoms in total. The van der Waals surface area contributed by atoms with Crippen LogP contribution in [0.15, 0.2) is 22.7 Å². The predicted octanol–water partition coefficient (Wildman–Crippen LogP) is 4.06. The molecular weight excluding hydrogens is 491 g/mol. The quantitative estimate of drug-likeness (QED) is 0.629. The zero-order valence-corrected chi connectivity index (χ0v) is 20.9. The number of halogens is 2. The standard InChI is InChI=1S/C21H28BrFN2O5S/c1-13-16(10-20(5,11-24)31(6,27)28)21(12-29-13,25-18(26)30-19(2,3)4)15-9-14(22)7-8-17(15)23/h7-9,13,16H,10,12H2,1-6H3,(H,25,26)/t13-,16-,20?,21-/m1/s1. The third kappa shape index (κ3) is 5.38. The fraction of sp³-hybridized carbons (Fsp3) is 0.619. The molecule has 0 radical (unpaired) electrons. The summed E-state index contributed by atoms with van der Waals surface area (Å²) in [6, 6.07) is 6.17. The van der Waals surface area contributed by atoms with Crippen LogP contribution in [0.3, 0.4) is 0 Å². The Balaban J connectivity index is 2.66. The van der Waals surface area contributed by atoms with Crippen LogP contribution in [0.25, 0.3) is 0 Å². The van der Waals surface area contributed by atoms with E-state index in [0.717, 1.165) is 6.26 Å². The van der Waals surface area contributed by atoms with Gasteiger partial charge in [-0.1, -0.05) is 15.9 Å². The van der Waals surface area contributed by atoms with Gasteiger partial charge in [-0.25, -0.2) is 17.6 Å². The molecule has 0 spiro atoms. The molecule has 10 heteroatoms. The lowest BCUT2D eigenvalue weighted by Crippen LogP contribution is -2.55. The Hall–Kier alpha value is -1.70. The van der Waals surface area contributed by atoms with Crippen LogP contribution in [-0.4, -0.2) is 43.8 Å². The van der Waals surface area contributed by atoms with E-state index in [2.05, 4.69) is 21.2 Å². The molecule has 1 fully saturated rings. The first-order valence-corrected chi connectivity index (χ1v) is 12.4. The van der Waals surface area contributed by atoms with Gasteiger partial charge < -0.3 is 14.8 Å². The van der Waals surface area contributed by atoms with Gasteiger partial charge >= 0.3 is 6.09 Å². The number of alkyl carbamates (subject to hydrolysis) is 1. The molecule has 1 aliphatic heterocycles. The van der Waals surface area contributed by atoms with Crippen LogP contribution in [0.2, 0.25) is 0 Å². The number of hydrogen-bond donors (Lipinski definition) is 1. The number of sulfone groups is 1. The van der Waals surface area contributed by atoms with Crippen molar-refractivity contribution < 1.29 is 27.1 Å². The Bertz CT molecular complexity index is 1000. The second-order valence-corrected chi connectivity index (χ2v) is 12.5. The summed E-state index contributed by atoms with van der Waals surface area (Å²) in [5.41, 5.74) is -2.13. The molecular formula is C21H28BrFN2O5S. The zero-order valence-electron chi connectivity index (χ0n) is 18.5. The first-order chi connectivity index (χ1) is 14.0. The Kier molecular flexibility index (Phi) is 7.16. The molecule has 31 heavy (non-hydrogen) atoms. The van der Waals surface area contributed by atoms with Crippen molar-refractivity contribution in [2.75, 3.05) is 12.9 Å². The lowest BCUT2D eigenvalue weighted by atomic mass is 9.74. The molecule has 1 N–H and O–H groups in total. The summed E-state index contributed by atoms with van der Waals surface area (Å²) < 4.78 is 49.9. The number of nitrogens with one attached hydrogen (secondary N) is 1. The molecule has 1 aromatic rings. The Morgan fingerprint density at radius 2 is 2.03 bits per heavy atom. The van der Waals surface area contributed by atoms with Crippen molar-refractivity contribution >= 4 is 31.9 Å². The van der Waals surface area contributed by atoms with E-state index in [1.54, 1.807) is 27.7 Å². The number of benzene rings is 1. The number of ether oxygens (including phenoxy) is 2. The molecule has 172 valence electrons. The largest absolute Gasteiger partial charge is 0.444 e. The summed E-state index contributed by atoms with van der Waals surface area (Å²) in [4.78, 5) is 12.8. The van der Waals surface area contributed by atoms with Crippen LogP contribution in [0, 0.1) is 23.1 Å². The average Bonchev–Trinajstić information content (AvgIpc) is 2.91. The van der Waals surface area contributed by atoms with Crippen LogP contribution in [-0.2, 0) is 24.8 Å². The molecule has 2 rings (SSSR count). The number of amides is 1. The SMILES string of the molecule is C[C@H]1OC[C@@](NC(=O)OC(C)(C)C)(c2cc(Br)ccc2F)[C@@H]1CC(C)(C#N)S(C)(=O)=O. The minimum atomic E-state index is -3.80. The third-order valence-corrected chi connectivity index (χ3v) is 7.96. The second-order valence-electron chi connectivity index (χ2n) is 9.16. The number of nitrogens with zero attached hydrogens (tertiary/aromatic N) is 1. The van der Waals surface area contributed by atoms with E-state index in [-0.39, 0.29) is 18.6 Å². The van der Waals surface area contributed by atoms with E-state index in [1.807, 2.05) is 6.07 Å². The second kappa shape index (κ2) is 8.68. The highest BCUT2D eigenvalue weighted by atomic mass is 79.9. The van der Waals surface area contributed by atoms with Gasteiger partial charge in [-0.15, -0.1) is 0 Å². The summed E-state index contributed by atoms with van der Waals surface area (Å²) in [7, 11) is -3.80. The van der Waals surface area contributed by atoms with Crippen molar-refractivity contribution in [3.63, 3.8) is 0 Å². The number of carbonyl (C=O) groups excluding carboxylic acids is 1. The molecule has 0 aliphatic carbocycles. The molecule has 1 amide bonds. The van der Waals surface area contributed by atoms with E-state index >= 15 is 4.39 Å². The number of nitriles is 1. The lowest BCUT2D eigenvalue weighted by Gasteiger charge is -2.39. The van der Waals surface area contributed by atoms with Gasteiger partial charge in [-0.2, -0.15) is 5.26 Å². The Morgan fingerprint density at radius 1 is 1.42 bits per heavy atom. The van der Waals surface area contributed by atoms with E-state index in [1.165, 1.54) is 25.1 Å². The van der Waals surface area contributed by atoms with E-state index in [4.69, 9.17) is 9.47 Å². The maximum atomic E-state index is 15.1. The van der Waals surface area contributed by atoms with Gasteiger partial charge in [0.15, 0.2) is 14.6 Å². The molecule has 4 atom stereocenters. The van der Waals surface area contributed by atoms with Crippen molar-refractivity contribution in [3.05, 3.63) is 34.1 Å². The first kappa shape index (κ1) is 25.6. The molecule has 0 saturated carbocycles. The van der Waals surface area contributed by atoms with Gasteiger partial charge in [-0.3, -0.25) is 0 Å². The fourth-order valence-electron chi connectivity index (χ4n) is 3.73. The van der Waals surface area contributed by atoms with Crippen molar-refractivity contribution in [3.8, 4) is 6.07 Å². The Morgan fingerprint density at radius 3 is 2.55 bits per heavy atom. The van der Waals surface area contributed by atoms with Crippen LogP contribution >= 0.6 is 15.9 Å². The minimum Gasteiger partial charge on any atom is -0.444 e. The van der Waals surface area contributed by atoms with Crippen molar-refractivity contribution in [1.29, 1.82) is 5.26 Å². The van der Waals surface area contributed by atoms with Gasteiger partial charge in [0, 0.05) is 22.2 Å². The molecule has 1 aromatic carbocycles. The Labute approximate surface area is 191 Å². The van der Waals surface area contributed by atoms with Crippen molar-refractivity contribution in [2.24, 2.45) is 5.92 Å². The minimum absolute atomic E-state index is 0.114. The van der Waals surface area contributed by atoms with Crippen LogP contribution in [0.4, 0.5) is 9.18 Å². The highest BCUT2D eigenvalue weighted by molar-refractivity contribution is 9.10. The highest BCUT2D eigenvalue weighted by Crippen LogP contribution is 2.46. The monoisotopic (exact) mass is 518 g/mol. The highest BCUT2D eigenvalue weighted by Gasteiger charge is 2.55. The summed E-state index contributed by atoms with van der Waals surface area (Å²) >= 11 is 3.32. The normalized spacial score (nSPS) is 26.0. The average molecular weight is 519 g/mol. The zero-order chi connectivity index (χ0) is 23.8. The summed E-state index contributed by atoms with van der Waals surface area (Å²) in [6.45, 7) is 8.00. The number of rotatable bonds is 5. The maximum absolute atomic E-state index is 15.1. The van der Waals surface area contributed by atoms with Crippen LogP contribution in [0.1, 0.15) is 46.6 Å². The summed E-state index contributed by atoms with van der Waals surface area (Å²) in [5, 5.41) is 12.4. The summed E-state index contributed by atoms with van der Waals surface area (Å²) in [6.07, 6.45) is -0.555. The molecule has 0 bridgehead atoms. The third-order valence-electron chi connectivity index (χ3n) is 5.57. The van der Waals surface area contributed by atoms with Crippen molar-refractivity contribution in [2.45, 2.75) is 63.0 Å². The van der Waals surface area contributed by atoms with E-state index < -0.39 is 49.7 Å². The molecule has 1 heterocycles. The van der Waals surface area contributed by atoms with E-state index in [9.17, 15) is 18.5 Å². The van der Waals surface area contributed by atoms with Crippen LogP contribution in [0.5, 0.6) is 0 Å². The fourth-order valence-corrected chi connectivity index (χ4v) is 4.73. The molecule has 1 aliphatic rings. The van der Waals surface area contributed by atoms with Gasteiger partial charge in [0.2, 0.25) is 0 Å². The molecule has 0 aromatic heterocycles. The van der Waals surface area contributed by atoms with Gasteiger partial charge in [0.05, 0.1) is 18.8 Å². The van der Waals surface area contributed by atoms with Crippen LogP contribution < -0.4 is 5.32 Å². The number of carbonyl (C=O) groups is 1. The molecule has 1 saturated heterocycles. The first-order valence-electron chi connectivity index (χ1n) is 9.74. The number of hydrogen-bond acceptors (Lipinski definition) is 6. The maximum Gasteiger partial charge on any atom is 0.408 e. The van der Waals surface area contributed by atoms with Gasteiger partial charge in [0.1, 0.15) is 17.0 Å².